The van der Waals surface area contributed by atoms with Gasteiger partial charge in [0.25, 0.3) is 5.56 Å². The van der Waals surface area contributed by atoms with Crippen molar-refractivity contribution < 1.29 is 13.2 Å². The molecule has 1 heterocycles. The van der Waals surface area contributed by atoms with E-state index in [0.29, 0.717) is 22.2 Å². The number of nitrogens with one attached hydrogen (secondary N) is 1. The smallest absolute Gasteiger partial charge is 0.383 e. The maximum Gasteiger partial charge on any atom is 0.408 e. The van der Waals surface area contributed by atoms with Crippen LogP contribution in [0.5, 0.6) is 0 Å². The number of hydrogen-bond donors (Lipinski definition) is 1. The molecule has 0 fully saturated rings. The van der Waals surface area contributed by atoms with Crippen molar-refractivity contribution in [3.05, 3.63) is 21.0 Å². The lowest BCUT2D eigenvalue weighted by molar-refractivity contribution is -0.143. The zero-order valence-electron chi connectivity index (χ0n) is 11.0. The molecule has 0 amide bonds. The number of halogens is 4. The van der Waals surface area contributed by atoms with E-state index in [-0.39, 0.29) is 4.47 Å². The van der Waals surface area contributed by atoms with Crippen LogP contribution in [0.15, 0.2) is 15.5 Å². The Morgan fingerprint density at radius 1 is 1.55 bits per heavy atom. The Hall–Kier alpha value is -0.700. The van der Waals surface area contributed by atoms with Crippen LogP contribution in [0, 0.1) is 0 Å². The molecular weight excluding hydrogens is 359 g/mol. The number of anilines is 1. The van der Waals surface area contributed by atoms with Crippen LogP contribution in [-0.2, 0) is 6.54 Å². The molecule has 0 aliphatic rings. The van der Waals surface area contributed by atoms with E-state index >= 15 is 0 Å². The number of nitrogens with zero attached hydrogens (tertiary/aromatic N) is 2. The van der Waals surface area contributed by atoms with Crippen LogP contribution in [0.2, 0.25) is 0 Å². The Morgan fingerprint density at radius 3 is 2.75 bits per heavy atom. The molecule has 1 rings (SSSR count). The largest absolute Gasteiger partial charge is 0.408 e. The molecule has 20 heavy (non-hydrogen) atoms. The van der Waals surface area contributed by atoms with Crippen LogP contribution >= 0.6 is 27.7 Å². The fraction of sp³-hybridized carbons (Fsp3) is 0.636. The summed E-state index contributed by atoms with van der Waals surface area (Å²) in [6, 6.07) is 0. The molecule has 0 spiro atoms. The maximum absolute atomic E-state index is 12.3. The Labute approximate surface area is 127 Å². The number of thioether (sulfide) groups is 1. The van der Waals surface area contributed by atoms with Gasteiger partial charge >= 0.3 is 6.18 Å². The van der Waals surface area contributed by atoms with Crippen molar-refractivity contribution in [2.45, 2.75) is 31.3 Å². The van der Waals surface area contributed by atoms with Gasteiger partial charge in [0.05, 0.1) is 11.9 Å². The molecule has 9 heteroatoms. The number of alkyl halides is 3. The maximum atomic E-state index is 12.3. The number of hydrogen-bond acceptors (Lipinski definition) is 4. The Balaban J connectivity index is 2.77. The fourth-order valence-electron chi connectivity index (χ4n) is 1.40. The molecule has 1 aromatic rings. The second-order valence-electron chi connectivity index (χ2n) is 4.21. The normalized spacial score (nSPS) is 13.3. The van der Waals surface area contributed by atoms with Crippen molar-refractivity contribution >= 4 is 33.4 Å². The quantitative estimate of drug-likeness (QED) is 0.831. The molecule has 1 N–H and O–H groups in total. The van der Waals surface area contributed by atoms with E-state index in [1.54, 1.807) is 11.8 Å². The summed E-state index contributed by atoms with van der Waals surface area (Å²) in [5.74, 6) is 0. The lowest BCUT2D eigenvalue weighted by Crippen LogP contribution is -2.31. The predicted octanol–water partition coefficient (Wildman–Crippen LogP) is 3.12. The SMILES string of the molecule is CSC(C)CCNc1cnn(CC(F)(F)F)c(=O)c1Br. The van der Waals surface area contributed by atoms with E-state index in [9.17, 15) is 18.0 Å². The van der Waals surface area contributed by atoms with E-state index in [0.717, 1.165) is 6.42 Å². The van der Waals surface area contributed by atoms with Gasteiger partial charge < -0.3 is 5.32 Å². The summed E-state index contributed by atoms with van der Waals surface area (Å²) in [6.07, 6.45) is -0.375. The first-order valence-corrected chi connectivity index (χ1v) is 7.91. The molecule has 0 aliphatic carbocycles. The molecule has 0 saturated carbocycles. The van der Waals surface area contributed by atoms with Crippen molar-refractivity contribution in [2.75, 3.05) is 18.1 Å². The molecule has 0 saturated heterocycles. The highest BCUT2D eigenvalue weighted by atomic mass is 79.9. The van der Waals surface area contributed by atoms with Crippen molar-refractivity contribution in [3.8, 4) is 0 Å². The Bertz CT molecular complexity index is 507. The van der Waals surface area contributed by atoms with Crippen LogP contribution in [-0.4, -0.2) is 34.0 Å². The van der Waals surface area contributed by atoms with E-state index in [1.165, 1.54) is 6.20 Å². The molecule has 1 unspecified atom stereocenters. The van der Waals surface area contributed by atoms with Crippen LogP contribution < -0.4 is 10.9 Å². The average molecular weight is 374 g/mol. The van der Waals surface area contributed by atoms with Crippen molar-refractivity contribution in [1.29, 1.82) is 0 Å². The third-order valence-electron chi connectivity index (χ3n) is 2.58. The van der Waals surface area contributed by atoms with Crippen LogP contribution in [0.1, 0.15) is 13.3 Å². The van der Waals surface area contributed by atoms with Gasteiger partial charge in [-0.1, -0.05) is 6.92 Å². The number of rotatable bonds is 6. The van der Waals surface area contributed by atoms with Crippen molar-refractivity contribution in [3.63, 3.8) is 0 Å². The number of aromatic nitrogens is 2. The molecule has 0 bridgehead atoms. The highest BCUT2D eigenvalue weighted by Gasteiger charge is 2.29. The van der Waals surface area contributed by atoms with E-state index in [2.05, 4.69) is 33.3 Å². The summed E-state index contributed by atoms with van der Waals surface area (Å²) >= 11 is 4.73. The van der Waals surface area contributed by atoms with Gasteiger partial charge in [-0.3, -0.25) is 4.79 Å². The molecule has 0 aliphatic heterocycles. The Morgan fingerprint density at radius 2 is 2.20 bits per heavy atom. The first kappa shape index (κ1) is 17.4. The molecule has 1 atom stereocenters. The van der Waals surface area contributed by atoms with Crippen molar-refractivity contribution in [1.82, 2.24) is 9.78 Å². The highest BCUT2D eigenvalue weighted by molar-refractivity contribution is 9.10. The minimum atomic E-state index is -4.47. The molecule has 0 aromatic carbocycles. The molecule has 4 nitrogen and oxygen atoms in total. The monoisotopic (exact) mass is 373 g/mol. The lowest BCUT2D eigenvalue weighted by Gasteiger charge is -2.13. The van der Waals surface area contributed by atoms with Gasteiger partial charge in [0.1, 0.15) is 11.0 Å². The van der Waals surface area contributed by atoms with Crippen LogP contribution in [0.3, 0.4) is 0 Å². The van der Waals surface area contributed by atoms with Gasteiger partial charge in [-0.2, -0.15) is 30.0 Å². The van der Waals surface area contributed by atoms with Crippen LogP contribution in [0.25, 0.3) is 0 Å². The summed E-state index contributed by atoms with van der Waals surface area (Å²) in [4.78, 5) is 11.7. The first-order valence-electron chi connectivity index (χ1n) is 5.83. The van der Waals surface area contributed by atoms with E-state index in [4.69, 9.17) is 0 Å². The summed E-state index contributed by atoms with van der Waals surface area (Å²) < 4.78 is 37.2. The summed E-state index contributed by atoms with van der Waals surface area (Å²) in [7, 11) is 0. The second-order valence-corrected chi connectivity index (χ2v) is 6.28. The zero-order chi connectivity index (χ0) is 15.3. The Kier molecular flexibility index (Phi) is 6.38. The minimum Gasteiger partial charge on any atom is -0.383 e. The first-order chi connectivity index (χ1) is 9.24. The van der Waals surface area contributed by atoms with Gasteiger partial charge in [0.15, 0.2) is 0 Å². The van der Waals surface area contributed by atoms with Gasteiger partial charge in [0, 0.05) is 11.8 Å². The van der Waals surface area contributed by atoms with Crippen LogP contribution in [0.4, 0.5) is 18.9 Å². The fourth-order valence-corrected chi connectivity index (χ4v) is 2.20. The second kappa shape index (κ2) is 7.35. The third-order valence-corrected chi connectivity index (χ3v) is 4.39. The molecule has 114 valence electrons. The van der Waals surface area contributed by atoms with Crippen molar-refractivity contribution in [2.24, 2.45) is 0 Å². The highest BCUT2D eigenvalue weighted by Crippen LogP contribution is 2.20. The molecule has 0 radical (unpaired) electrons. The summed E-state index contributed by atoms with van der Waals surface area (Å²) in [5, 5.41) is 6.98. The molecular formula is C11H15BrF3N3OS. The van der Waals surface area contributed by atoms with Gasteiger partial charge in [-0.25, -0.2) is 4.68 Å². The third kappa shape index (κ3) is 5.35. The summed E-state index contributed by atoms with van der Waals surface area (Å²) in [5.41, 5.74) is -0.396. The van der Waals surface area contributed by atoms with Gasteiger partial charge in [-0.05, 0) is 28.6 Å². The predicted molar refractivity (Wildman–Crippen MR) is 78.3 cm³/mol. The van der Waals surface area contributed by atoms with E-state index < -0.39 is 18.3 Å². The average Bonchev–Trinajstić information content (AvgIpc) is 2.36. The van der Waals surface area contributed by atoms with E-state index in [1.807, 2.05) is 6.26 Å². The standard InChI is InChI=1S/C11H15BrF3N3OS/c1-7(20-2)3-4-16-8-5-17-18(6-11(13,14)15)10(19)9(8)12/h5,7,16H,3-4,6H2,1-2H3. The lowest BCUT2D eigenvalue weighted by atomic mass is 10.3. The van der Waals surface area contributed by atoms with Gasteiger partial charge in [-0.15, -0.1) is 0 Å². The zero-order valence-corrected chi connectivity index (χ0v) is 13.4. The molecule has 1 aromatic heterocycles. The topological polar surface area (TPSA) is 46.9 Å². The summed E-state index contributed by atoms with van der Waals surface area (Å²) in [6.45, 7) is 1.29. The minimum absolute atomic E-state index is 0.0635. The van der Waals surface area contributed by atoms with Gasteiger partial charge in [0.2, 0.25) is 0 Å².